The van der Waals surface area contributed by atoms with Crippen LogP contribution in [0.4, 0.5) is 17.6 Å². The fraction of sp³-hybridized carbons (Fsp3) is 0.556. The van der Waals surface area contributed by atoms with Crippen LogP contribution in [-0.4, -0.2) is 34.8 Å². The Balaban J connectivity index is 2.16. The van der Waals surface area contributed by atoms with Crippen molar-refractivity contribution in [2.75, 3.05) is 36.1 Å². The van der Waals surface area contributed by atoms with Gasteiger partial charge in [-0.2, -0.15) is 9.97 Å². The first kappa shape index (κ1) is 9.97. The van der Waals surface area contributed by atoms with Crippen LogP contribution < -0.4 is 16.4 Å². The van der Waals surface area contributed by atoms with E-state index in [1.807, 2.05) is 0 Å². The van der Waals surface area contributed by atoms with E-state index < -0.39 is 0 Å². The molecule has 1 atom stereocenters. The van der Waals surface area contributed by atoms with Crippen LogP contribution in [0.15, 0.2) is 6.07 Å². The van der Waals surface area contributed by atoms with E-state index in [-0.39, 0.29) is 12.6 Å². The monoisotopic (exact) mass is 209 g/mol. The van der Waals surface area contributed by atoms with Crippen LogP contribution in [0.1, 0.15) is 6.42 Å². The fourth-order valence-electron chi connectivity index (χ4n) is 1.82. The topological polar surface area (TPSA) is 101 Å². The van der Waals surface area contributed by atoms with Crippen molar-refractivity contribution in [1.29, 1.82) is 0 Å². The fourth-order valence-corrected chi connectivity index (χ4v) is 1.82. The number of nitrogens with zero attached hydrogens (tertiary/aromatic N) is 3. The van der Waals surface area contributed by atoms with Crippen LogP contribution in [0.25, 0.3) is 0 Å². The first-order chi connectivity index (χ1) is 7.19. The van der Waals surface area contributed by atoms with E-state index in [9.17, 15) is 0 Å². The standard InChI is InChI=1S/C9H15N5O/c10-7-3-8(13-9(11)12-7)14-2-1-6(4-14)5-15/h3,6,15H,1-2,4-5H2,(H4,10,11,12,13). The van der Waals surface area contributed by atoms with Crippen molar-refractivity contribution in [3.63, 3.8) is 0 Å². The molecule has 5 N–H and O–H groups in total. The number of nitrogen functional groups attached to an aromatic ring is 2. The Labute approximate surface area is 87.9 Å². The summed E-state index contributed by atoms with van der Waals surface area (Å²) >= 11 is 0. The van der Waals surface area contributed by atoms with Crippen LogP contribution in [0.5, 0.6) is 0 Å². The summed E-state index contributed by atoms with van der Waals surface area (Å²) in [6, 6.07) is 1.70. The van der Waals surface area contributed by atoms with E-state index in [1.165, 1.54) is 0 Å². The highest BCUT2D eigenvalue weighted by atomic mass is 16.3. The summed E-state index contributed by atoms with van der Waals surface area (Å²) in [7, 11) is 0. The molecule has 0 spiro atoms. The Morgan fingerprint density at radius 2 is 2.27 bits per heavy atom. The van der Waals surface area contributed by atoms with Gasteiger partial charge in [0.1, 0.15) is 11.6 Å². The Morgan fingerprint density at radius 3 is 2.87 bits per heavy atom. The van der Waals surface area contributed by atoms with Crippen molar-refractivity contribution in [2.24, 2.45) is 5.92 Å². The van der Waals surface area contributed by atoms with Crippen molar-refractivity contribution in [2.45, 2.75) is 6.42 Å². The van der Waals surface area contributed by atoms with Gasteiger partial charge in [-0.1, -0.05) is 0 Å². The van der Waals surface area contributed by atoms with E-state index in [2.05, 4.69) is 14.9 Å². The molecule has 1 aromatic heterocycles. The van der Waals surface area contributed by atoms with Crippen molar-refractivity contribution < 1.29 is 5.11 Å². The molecule has 2 heterocycles. The maximum atomic E-state index is 9.03. The number of anilines is 3. The highest BCUT2D eigenvalue weighted by Crippen LogP contribution is 2.23. The zero-order valence-electron chi connectivity index (χ0n) is 8.43. The minimum absolute atomic E-state index is 0.192. The van der Waals surface area contributed by atoms with Gasteiger partial charge in [0.15, 0.2) is 0 Å². The first-order valence-electron chi connectivity index (χ1n) is 4.95. The second kappa shape index (κ2) is 3.90. The lowest BCUT2D eigenvalue weighted by molar-refractivity contribution is 0.238. The Hall–Kier alpha value is -1.56. The van der Waals surface area contributed by atoms with Gasteiger partial charge in [0.2, 0.25) is 5.95 Å². The molecule has 1 fully saturated rings. The molecule has 6 heteroatoms. The predicted octanol–water partition coefficient (Wildman–Crippen LogP) is -0.540. The Bertz CT molecular complexity index is 336. The molecule has 6 nitrogen and oxygen atoms in total. The number of aliphatic hydroxyl groups excluding tert-OH is 1. The summed E-state index contributed by atoms with van der Waals surface area (Å²) in [6.07, 6.45) is 0.973. The number of aliphatic hydroxyl groups is 1. The number of hydrogen-bond acceptors (Lipinski definition) is 6. The molecule has 0 aromatic carbocycles. The van der Waals surface area contributed by atoms with Gasteiger partial charge in [0.05, 0.1) is 0 Å². The molecule has 0 radical (unpaired) electrons. The molecule has 0 amide bonds. The Kier molecular flexibility index (Phi) is 2.59. The zero-order chi connectivity index (χ0) is 10.8. The molecule has 1 aliphatic heterocycles. The normalized spacial score (nSPS) is 20.9. The maximum Gasteiger partial charge on any atom is 0.223 e. The molecular formula is C9H15N5O. The molecule has 1 unspecified atom stereocenters. The summed E-state index contributed by atoms with van der Waals surface area (Å²) in [5.74, 6) is 1.64. The molecular weight excluding hydrogens is 194 g/mol. The quantitative estimate of drug-likeness (QED) is 0.604. The lowest BCUT2D eigenvalue weighted by Crippen LogP contribution is -2.22. The molecule has 1 saturated heterocycles. The van der Waals surface area contributed by atoms with Gasteiger partial charge in [-0.05, 0) is 6.42 Å². The average Bonchev–Trinajstić information content (AvgIpc) is 2.64. The third-order valence-electron chi connectivity index (χ3n) is 2.62. The van der Waals surface area contributed by atoms with Gasteiger partial charge in [0, 0.05) is 31.7 Å². The largest absolute Gasteiger partial charge is 0.396 e. The average molecular weight is 209 g/mol. The molecule has 1 aromatic rings. The summed E-state index contributed by atoms with van der Waals surface area (Å²) in [4.78, 5) is 9.99. The second-order valence-electron chi connectivity index (χ2n) is 3.79. The van der Waals surface area contributed by atoms with Crippen LogP contribution in [-0.2, 0) is 0 Å². The van der Waals surface area contributed by atoms with Crippen molar-refractivity contribution in [1.82, 2.24) is 9.97 Å². The number of rotatable bonds is 2. The lowest BCUT2D eigenvalue weighted by atomic mass is 10.1. The van der Waals surface area contributed by atoms with Crippen molar-refractivity contribution in [3.05, 3.63) is 6.07 Å². The van der Waals surface area contributed by atoms with Crippen molar-refractivity contribution in [3.8, 4) is 0 Å². The Morgan fingerprint density at radius 1 is 1.47 bits per heavy atom. The van der Waals surface area contributed by atoms with Crippen LogP contribution in [0.2, 0.25) is 0 Å². The van der Waals surface area contributed by atoms with Gasteiger partial charge in [-0.15, -0.1) is 0 Å². The van der Waals surface area contributed by atoms with Crippen LogP contribution in [0.3, 0.4) is 0 Å². The highest BCUT2D eigenvalue weighted by Gasteiger charge is 2.23. The van der Waals surface area contributed by atoms with E-state index in [1.54, 1.807) is 6.07 Å². The molecule has 2 rings (SSSR count). The zero-order valence-corrected chi connectivity index (χ0v) is 8.43. The third-order valence-corrected chi connectivity index (χ3v) is 2.62. The lowest BCUT2D eigenvalue weighted by Gasteiger charge is -2.17. The molecule has 0 saturated carbocycles. The predicted molar refractivity (Wildman–Crippen MR) is 58.3 cm³/mol. The summed E-state index contributed by atoms with van der Waals surface area (Å²) in [5.41, 5.74) is 11.1. The number of aromatic nitrogens is 2. The molecule has 1 aliphatic rings. The van der Waals surface area contributed by atoms with E-state index in [0.717, 1.165) is 25.3 Å². The maximum absolute atomic E-state index is 9.03. The summed E-state index contributed by atoms with van der Waals surface area (Å²) < 4.78 is 0. The molecule has 0 aliphatic carbocycles. The van der Waals surface area contributed by atoms with Gasteiger partial charge in [0.25, 0.3) is 0 Å². The minimum Gasteiger partial charge on any atom is -0.396 e. The van der Waals surface area contributed by atoms with Crippen LogP contribution >= 0.6 is 0 Å². The smallest absolute Gasteiger partial charge is 0.223 e. The minimum atomic E-state index is 0.192. The SMILES string of the molecule is Nc1cc(N2CCC(CO)C2)nc(N)n1. The van der Waals surface area contributed by atoms with E-state index >= 15 is 0 Å². The van der Waals surface area contributed by atoms with Gasteiger partial charge in [-0.25, -0.2) is 0 Å². The first-order valence-corrected chi connectivity index (χ1v) is 4.95. The molecule has 0 bridgehead atoms. The van der Waals surface area contributed by atoms with Gasteiger partial charge < -0.3 is 21.5 Å². The molecule has 82 valence electrons. The van der Waals surface area contributed by atoms with Gasteiger partial charge in [-0.3, -0.25) is 0 Å². The van der Waals surface area contributed by atoms with E-state index in [4.69, 9.17) is 16.6 Å². The highest BCUT2D eigenvalue weighted by molar-refractivity contribution is 5.50. The third kappa shape index (κ3) is 2.10. The molecule has 15 heavy (non-hydrogen) atoms. The summed E-state index contributed by atoms with van der Waals surface area (Å²) in [5, 5.41) is 9.03. The van der Waals surface area contributed by atoms with Crippen molar-refractivity contribution >= 4 is 17.6 Å². The second-order valence-corrected chi connectivity index (χ2v) is 3.79. The van der Waals surface area contributed by atoms with Crippen LogP contribution in [0, 0.1) is 5.92 Å². The van der Waals surface area contributed by atoms with E-state index in [0.29, 0.717) is 11.7 Å². The summed E-state index contributed by atoms with van der Waals surface area (Å²) in [6.45, 7) is 1.89. The van der Waals surface area contributed by atoms with Gasteiger partial charge >= 0.3 is 0 Å². The number of hydrogen-bond donors (Lipinski definition) is 3. The number of nitrogens with two attached hydrogens (primary N) is 2.